The molecule has 0 unspecified atom stereocenters. The summed E-state index contributed by atoms with van der Waals surface area (Å²) in [4.78, 5) is 14.6. The lowest BCUT2D eigenvalue weighted by molar-refractivity contribution is 0.0814. The summed E-state index contributed by atoms with van der Waals surface area (Å²) in [6, 6.07) is 6.54. The van der Waals surface area contributed by atoms with Crippen LogP contribution in [0.5, 0.6) is 0 Å². The number of nitrogens with zero attached hydrogens (tertiary/aromatic N) is 2. The number of hydrogen-bond acceptors (Lipinski definition) is 5. The molecule has 74 valence electrons. The molecule has 1 aromatic carbocycles. The first-order chi connectivity index (χ1) is 6.65. The molecule has 1 aromatic rings. The number of carbonyl (C=O) groups is 1. The van der Waals surface area contributed by atoms with Gasteiger partial charge in [0.15, 0.2) is 0 Å². The van der Waals surface area contributed by atoms with Crippen molar-refractivity contribution in [1.82, 2.24) is 0 Å². The third-order valence-corrected chi connectivity index (χ3v) is 1.44. The molecule has 0 radical (unpaired) electrons. The van der Waals surface area contributed by atoms with E-state index in [1.165, 1.54) is 0 Å². The maximum absolute atomic E-state index is 10.3. The van der Waals surface area contributed by atoms with Crippen molar-refractivity contribution in [3.05, 3.63) is 24.3 Å². The summed E-state index contributed by atoms with van der Waals surface area (Å²) in [5.74, 6) is 0. The Morgan fingerprint density at radius 2 is 2.21 bits per heavy atom. The molecule has 0 aliphatic rings. The van der Waals surface area contributed by atoms with Gasteiger partial charge in [0.1, 0.15) is 5.69 Å². The highest BCUT2D eigenvalue weighted by Gasteiger charge is 2.11. The Morgan fingerprint density at radius 1 is 1.57 bits per heavy atom. The van der Waals surface area contributed by atoms with Crippen molar-refractivity contribution >= 4 is 24.2 Å². The third kappa shape index (κ3) is 2.13. The minimum Gasteiger partial charge on any atom is -0.448 e. The molecule has 0 aliphatic carbocycles. The average Bonchev–Trinajstić information content (AvgIpc) is 2.15. The Balaban J connectivity index is 2.94. The van der Waals surface area contributed by atoms with E-state index in [1.807, 2.05) is 0 Å². The number of nitrogen functional groups attached to an aromatic ring is 1. The molecule has 6 heteroatoms. The van der Waals surface area contributed by atoms with Crippen LogP contribution in [0.15, 0.2) is 29.4 Å². The van der Waals surface area contributed by atoms with Gasteiger partial charge in [0.25, 0.3) is 0 Å². The van der Waals surface area contributed by atoms with Crippen LogP contribution in [-0.2, 0) is 4.84 Å². The van der Waals surface area contributed by atoms with Crippen molar-refractivity contribution in [3.8, 4) is 0 Å². The van der Waals surface area contributed by atoms with E-state index >= 15 is 0 Å². The lowest BCUT2D eigenvalue weighted by atomic mass is 10.3. The molecule has 0 spiro atoms. The number of hydrogen-bond donors (Lipinski definition) is 2. The predicted octanol–water partition coefficient (Wildman–Crippen LogP) is 1.30. The molecule has 0 atom stereocenters. The van der Waals surface area contributed by atoms with Crippen molar-refractivity contribution in [3.63, 3.8) is 0 Å². The summed E-state index contributed by atoms with van der Waals surface area (Å²) in [7, 11) is 0. The molecule has 0 bridgehead atoms. The number of rotatable bonds is 3. The summed E-state index contributed by atoms with van der Waals surface area (Å²) >= 11 is 0. The Bertz CT molecular complexity index is 353. The van der Waals surface area contributed by atoms with Crippen LogP contribution in [0.2, 0.25) is 0 Å². The summed E-state index contributed by atoms with van der Waals surface area (Å²) in [5.41, 5.74) is 6.24. The Kier molecular flexibility index (Phi) is 2.90. The molecule has 3 N–H and O–H groups in total. The largest absolute Gasteiger partial charge is 0.532 e. The monoisotopic (exact) mass is 195 g/mol. The number of para-hydroxylation sites is 2. The molecule has 0 saturated carbocycles. The fourth-order valence-electron chi connectivity index (χ4n) is 0.890. The van der Waals surface area contributed by atoms with Crippen LogP contribution in [0, 0.1) is 0 Å². The third-order valence-electron chi connectivity index (χ3n) is 1.44. The zero-order chi connectivity index (χ0) is 10.6. The predicted molar refractivity (Wildman–Crippen MR) is 52.0 cm³/mol. The quantitative estimate of drug-likeness (QED) is 0.431. The van der Waals surface area contributed by atoms with Gasteiger partial charge in [0.05, 0.1) is 5.69 Å². The first kappa shape index (κ1) is 9.85. The molecule has 0 amide bonds. The minimum absolute atomic E-state index is 0.324. The molecule has 6 nitrogen and oxygen atoms in total. The van der Waals surface area contributed by atoms with Crippen LogP contribution in [0.25, 0.3) is 0 Å². The van der Waals surface area contributed by atoms with Crippen LogP contribution in [-0.4, -0.2) is 18.0 Å². The fraction of sp³-hybridized carbons (Fsp3) is 0. The van der Waals surface area contributed by atoms with E-state index in [9.17, 15) is 4.79 Å². The van der Waals surface area contributed by atoms with Crippen molar-refractivity contribution in [2.45, 2.75) is 0 Å². The fourth-order valence-corrected chi connectivity index (χ4v) is 0.890. The number of anilines is 2. The van der Waals surface area contributed by atoms with E-state index in [2.05, 4.69) is 16.7 Å². The van der Waals surface area contributed by atoms with Gasteiger partial charge in [-0.05, 0) is 12.1 Å². The molecule has 0 fully saturated rings. The zero-order valence-electron chi connectivity index (χ0n) is 7.25. The minimum atomic E-state index is -1.49. The van der Waals surface area contributed by atoms with Gasteiger partial charge in [-0.2, -0.15) is 5.10 Å². The van der Waals surface area contributed by atoms with Crippen LogP contribution in [0.4, 0.5) is 16.2 Å². The summed E-state index contributed by atoms with van der Waals surface area (Å²) in [6.45, 7) is 3.16. The van der Waals surface area contributed by atoms with Gasteiger partial charge in [0, 0.05) is 6.72 Å². The number of hydrazone groups is 1. The number of nitrogens with two attached hydrogens (primary N) is 1. The zero-order valence-corrected chi connectivity index (χ0v) is 7.25. The van der Waals surface area contributed by atoms with Crippen LogP contribution >= 0.6 is 0 Å². The molecule has 1 rings (SSSR count). The Labute approximate surface area is 80.1 Å². The van der Waals surface area contributed by atoms with Crippen molar-refractivity contribution in [1.29, 1.82) is 0 Å². The Morgan fingerprint density at radius 3 is 2.71 bits per heavy atom. The molecule has 0 saturated heterocycles. The van der Waals surface area contributed by atoms with Gasteiger partial charge in [-0.3, -0.25) is 4.84 Å². The number of carboxylic acid groups (broad SMARTS) is 1. The molecular weight excluding hydrogens is 186 g/mol. The summed E-state index contributed by atoms with van der Waals surface area (Å²) < 4.78 is 0. The van der Waals surface area contributed by atoms with Gasteiger partial charge in [-0.15, -0.1) is 0 Å². The molecule has 0 aromatic heterocycles. The van der Waals surface area contributed by atoms with Crippen molar-refractivity contribution in [2.75, 3.05) is 10.9 Å². The highest BCUT2D eigenvalue weighted by atomic mass is 16.8. The van der Waals surface area contributed by atoms with E-state index in [1.54, 1.807) is 24.3 Å². The van der Waals surface area contributed by atoms with E-state index in [-0.39, 0.29) is 0 Å². The van der Waals surface area contributed by atoms with Gasteiger partial charge < -0.3 is 10.8 Å². The van der Waals surface area contributed by atoms with Crippen molar-refractivity contribution < 1.29 is 14.7 Å². The van der Waals surface area contributed by atoms with Gasteiger partial charge in [0.2, 0.25) is 0 Å². The van der Waals surface area contributed by atoms with Crippen LogP contribution in [0.1, 0.15) is 0 Å². The first-order valence-corrected chi connectivity index (χ1v) is 3.67. The maximum atomic E-state index is 10.3. The number of benzene rings is 1. The Hall–Kier alpha value is -2.24. The summed E-state index contributed by atoms with van der Waals surface area (Å²) in [5, 5.41) is 12.5. The van der Waals surface area contributed by atoms with Crippen LogP contribution < -0.4 is 10.9 Å². The first-order valence-electron chi connectivity index (χ1n) is 3.67. The highest BCUT2D eigenvalue weighted by Crippen LogP contribution is 2.22. The topological polar surface area (TPSA) is 88.1 Å². The highest BCUT2D eigenvalue weighted by molar-refractivity contribution is 5.68. The van der Waals surface area contributed by atoms with Gasteiger partial charge in [-0.1, -0.05) is 17.3 Å². The standard InChI is InChI=1S/C8H9N3O3/c1-10-11(14-8(12)13)7-5-3-2-4-6(7)9/h2-5H,1,9H2,(H,12,13). The molecule has 0 heterocycles. The smallest absolute Gasteiger partial charge is 0.448 e. The van der Waals surface area contributed by atoms with Crippen LogP contribution in [0.3, 0.4) is 0 Å². The van der Waals surface area contributed by atoms with Gasteiger partial charge in [-0.25, -0.2) is 4.79 Å². The second-order valence-electron chi connectivity index (χ2n) is 2.33. The molecular formula is C8H9N3O3. The lowest BCUT2D eigenvalue weighted by Crippen LogP contribution is -2.21. The average molecular weight is 195 g/mol. The van der Waals surface area contributed by atoms with E-state index in [4.69, 9.17) is 10.8 Å². The summed E-state index contributed by atoms with van der Waals surface area (Å²) in [6.07, 6.45) is -1.49. The van der Waals surface area contributed by atoms with Crippen molar-refractivity contribution in [2.24, 2.45) is 5.10 Å². The SMILES string of the molecule is C=NN(OC(=O)O)c1ccccc1N. The van der Waals surface area contributed by atoms with E-state index < -0.39 is 6.16 Å². The van der Waals surface area contributed by atoms with E-state index in [0.29, 0.717) is 11.4 Å². The second-order valence-corrected chi connectivity index (χ2v) is 2.33. The normalized spacial score (nSPS) is 9.14. The van der Waals surface area contributed by atoms with Gasteiger partial charge >= 0.3 is 6.16 Å². The van der Waals surface area contributed by atoms with E-state index in [0.717, 1.165) is 5.17 Å². The molecule has 0 aliphatic heterocycles. The molecule has 14 heavy (non-hydrogen) atoms. The second kappa shape index (κ2) is 4.13. The lowest BCUT2D eigenvalue weighted by Gasteiger charge is -2.15. The maximum Gasteiger partial charge on any atom is 0.532 e.